The summed E-state index contributed by atoms with van der Waals surface area (Å²) in [6, 6.07) is 26.8. The van der Waals surface area contributed by atoms with Crippen LogP contribution in [0.5, 0.6) is 0 Å². The van der Waals surface area contributed by atoms with Gasteiger partial charge in [-0.05, 0) is 12.1 Å². The van der Waals surface area contributed by atoms with Gasteiger partial charge < -0.3 is 4.84 Å². The van der Waals surface area contributed by atoms with Crippen LogP contribution in [0.15, 0.2) is 101 Å². The van der Waals surface area contributed by atoms with Gasteiger partial charge in [0.2, 0.25) is 0 Å². The molecule has 0 N–H and O–H groups in total. The number of nitrogens with zero attached hydrogens (tertiary/aromatic N) is 2. The maximum atomic E-state index is 13.1. The van der Waals surface area contributed by atoms with Crippen LogP contribution >= 0.6 is 0 Å². The predicted octanol–water partition coefficient (Wildman–Crippen LogP) is 3.55. The molecule has 1 amide bonds. The molecule has 1 aliphatic heterocycles. The Hall–Kier alpha value is -3.45. The number of benzene rings is 3. The Morgan fingerprint density at radius 3 is 1.83 bits per heavy atom. The fourth-order valence-electron chi connectivity index (χ4n) is 3.48. The molecule has 0 saturated heterocycles. The zero-order valence-electron chi connectivity index (χ0n) is 16.3. The van der Waals surface area contributed by atoms with E-state index < -0.39 is 21.5 Å². The molecule has 1 aliphatic rings. The van der Waals surface area contributed by atoms with Gasteiger partial charge in [0, 0.05) is 18.2 Å². The monoisotopic (exact) mass is 420 g/mol. The van der Waals surface area contributed by atoms with Crippen LogP contribution in [0.1, 0.15) is 17.5 Å². The van der Waals surface area contributed by atoms with E-state index in [-0.39, 0.29) is 17.0 Å². The molecule has 0 atom stereocenters. The number of sulfonamides is 1. The predicted molar refractivity (Wildman–Crippen MR) is 113 cm³/mol. The summed E-state index contributed by atoms with van der Waals surface area (Å²) in [5.74, 6) is -0.715. The largest absolute Gasteiger partial charge is 0.379 e. The minimum Gasteiger partial charge on any atom is -0.379 e. The number of hydrogen-bond donors (Lipinski definition) is 0. The summed E-state index contributed by atoms with van der Waals surface area (Å²) in [5, 5.41) is 4.03. The van der Waals surface area contributed by atoms with Crippen molar-refractivity contribution in [1.82, 2.24) is 4.31 Å². The van der Waals surface area contributed by atoms with Crippen LogP contribution in [0.2, 0.25) is 0 Å². The van der Waals surface area contributed by atoms with Gasteiger partial charge in [0.25, 0.3) is 15.9 Å². The smallest absolute Gasteiger partial charge is 0.285 e. The first-order chi connectivity index (χ1) is 14.4. The molecular formula is C23H20N2O4S. The van der Waals surface area contributed by atoms with Crippen molar-refractivity contribution in [2.24, 2.45) is 5.16 Å². The average Bonchev–Trinajstić information content (AvgIpc) is 3.26. The second-order valence-electron chi connectivity index (χ2n) is 6.96. The van der Waals surface area contributed by atoms with Crippen LogP contribution in [-0.2, 0) is 25.3 Å². The molecule has 3 aromatic carbocycles. The van der Waals surface area contributed by atoms with Gasteiger partial charge in [-0.25, -0.2) is 12.7 Å². The molecule has 0 bridgehead atoms. The molecule has 0 spiro atoms. The van der Waals surface area contributed by atoms with Gasteiger partial charge in [-0.15, -0.1) is 0 Å². The summed E-state index contributed by atoms with van der Waals surface area (Å²) in [6.07, 6.45) is 0.120. The topological polar surface area (TPSA) is 76.0 Å². The van der Waals surface area contributed by atoms with Crippen molar-refractivity contribution in [3.63, 3.8) is 0 Å². The van der Waals surface area contributed by atoms with E-state index in [2.05, 4.69) is 5.16 Å². The quantitative estimate of drug-likeness (QED) is 0.633. The minimum atomic E-state index is -3.99. The van der Waals surface area contributed by atoms with E-state index >= 15 is 0 Å². The zero-order valence-corrected chi connectivity index (χ0v) is 17.1. The molecule has 152 valence electrons. The highest BCUT2D eigenvalue weighted by atomic mass is 32.2. The third-order valence-corrected chi connectivity index (χ3v) is 6.90. The Kier molecular flexibility index (Phi) is 5.13. The summed E-state index contributed by atoms with van der Waals surface area (Å²) < 4.78 is 26.4. The molecule has 1 heterocycles. The molecule has 0 fully saturated rings. The highest BCUT2D eigenvalue weighted by molar-refractivity contribution is 7.89. The molecule has 4 rings (SSSR count). The molecular weight excluding hydrogens is 400 g/mol. The van der Waals surface area contributed by atoms with E-state index in [1.807, 2.05) is 60.7 Å². The van der Waals surface area contributed by atoms with Crippen molar-refractivity contribution in [1.29, 1.82) is 0 Å². The fraction of sp³-hybridized carbons (Fsp3) is 0.130. The fourth-order valence-corrected chi connectivity index (χ4v) is 4.62. The third kappa shape index (κ3) is 3.37. The molecule has 0 aromatic heterocycles. The summed E-state index contributed by atoms with van der Waals surface area (Å²) in [5.41, 5.74) is 0.711. The number of carbonyl (C=O) groups is 1. The molecule has 6 nitrogen and oxygen atoms in total. The summed E-state index contributed by atoms with van der Waals surface area (Å²) in [6.45, 7) is 0. The van der Waals surface area contributed by atoms with Crippen LogP contribution in [0.4, 0.5) is 0 Å². The van der Waals surface area contributed by atoms with Gasteiger partial charge in [-0.1, -0.05) is 84.0 Å². The standard InChI is InChI=1S/C23H20N2O4S/c1-25(30(27,28)20-15-9-4-10-16-20)22(26)21-17-23(29-24-21,18-11-5-2-6-12-18)19-13-7-3-8-14-19/h2-16H,17H2,1H3. The van der Waals surface area contributed by atoms with Gasteiger partial charge in [0.05, 0.1) is 11.3 Å². The van der Waals surface area contributed by atoms with E-state index in [9.17, 15) is 13.2 Å². The lowest BCUT2D eigenvalue weighted by Crippen LogP contribution is -2.39. The molecule has 0 saturated carbocycles. The maximum Gasteiger partial charge on any atom is 0.285 e. The second kappa shape index (κ2) is 7.76. The van der Waals surface area contributed by atoms with Gasteiger partial charge in [-0.2, -0.15) is 0 Å². The molecule has 3 aromatic rings. The lowest BCUT2D eigenvalue weighted by atomic mass is 9.82. The number of hydrogen-bond acceptors (Lipinski definition) is 5. The van der Waals surface area contributed by atoms with Gasteiger partial charge >= 0.3 is 0 Å². The van der Waals surface area contributed by atoms with Crippen LogP contribution in [0, 0.1) is 0 Å². The average molecular weight is 420 g/mol. The first-order valence-corrected chi connectivity index (χ1v) is 10.8. The normalized spacial score (nSPS) is 15.2. The van der Waals surface area contributed by atoms with Crippen LogP contribution in [0.25, 0.3) is 0 Å². The Morgan fingerprint density at radius 2 is 1.33 bits per heavy atom. The third-order valence-electron chi connectivity index (χ3n) is 5.14. The molecule has 0 unspecified atom stereocenters. The molecule has 7 heteroatoms. The van der Waals surface area contributed by atoms with E-state index in [4.69, 9.17) is 4.84 Å². The van der Waals surface area contributed by atoms with Crippen LogP contribution in [0.3, 0.4) is 0 Å². The highest BCUT2D eigenvalue weighted by Crippen LogP contribution is 2.41. The second-order valence-corrected chi connectivity index (χ2v) is 8.93. The maximum absolute atomic E-state index is 13.1. The minimum absolute atomic E-state index is 0.0396. The Balaban J connectivity index is 1.67. The first-order valence-electron chi connectivity index (χ1n) is 9.39. The van der Waals surface area contributed by atoms with Crippen molar-refractivity contribution in [3.05, 3.63) is 102 Å². The van der Waals surface area contributed by atoms with Gasteiger partial charge in [0.1, 0.15) is 0 Å². The number of rotatable bonds is 5. The van der Waals surface area contributed by atoms with Crippen LogP contribution in [-0.4, -0.2) is 31.4 Å². The van der Waals surface area contributed by atoms with Gasteiger partial charge in [-0.3, -0.25) is 4.79 Å². The molecule has 0 aliphatic carbocycles. The van der Waals surface area contributed by atoms with E-state index in [1.165, 1.54) is 19.2 Å². The van der Waals surface area contributed by atoms with Crippen molar-refractivity contribution in [3.8, 4) is 0 Å². The van der Waals surface area contributed by atoms with E-state index in [1.54, 1.807) is 18.2 Å². The summed E-state index contributed by atoms with van der Waals surface area (Å²) in [7, 11) is -2.76. The van der Waals surface area contributed by atoms with Crippen molar-refractivity contribution >= 4 is 21.6 Å². The zero-order chi connectivity index (χ0) is 21.2. The lowest BCUT2D eigenvalue weighted by molar-refractivity contribution is -0.119. The number of carbonyl (C=O) groups excluding carboxylic acids is 1. The SMILES string of the molecule is CN(C(=O)C1=NOC(c2ccccc2)(c2ccccc2)C1)S(=O)(=O)c1ccccc1. The summed E-state index contributed by atoms with van der Waals surface area (Å²) >= 11 is 0. The van der Waals surface area contributed by atoms with Gasteiger partial charge in [0.15, 0.2) is 11.3 Å². The van der Waals surface area contributed by atoms with Crippen molar-refractivity contribution in [2.75, 3.05) is 7.05 Å². The van der Waals surface area contributed by atoms with E-state index in [0.717, 1.165) is 15.4 Å². The number of amides is 1. The lowest BCUT2D eigenvalue weighted by Gasteiger charge is -2.27. The van der Waals surface area contributed by atoms with E-state index in [0.29, 0.717) is 0 Å². The Morgan fingerprint density at radius 1 is 0.867 bits per heavy atom. The first kappa shape index (κ1) is 19.8. The van der Waals surface area contributed by atoms with Crippen molar-refractivity contribution in [2.45, 2.75) is 16.9 Å². The number of oxime groups is 1. The van der Waals surface area contributed by atoms with Crippen molar-refractivity contribution < 1.29 is 18.0 Å². The highest BCUT2D eigenvalue weighted by Gasteiger charge is 2.46. The molecule has 30 heavy (non-hydrogen) atoms. The Bertz CT molecular complexity index is 1140. The summed E-state index contributed by atoms with van der Waals surface area (Å²) in [4.78, 5) is 19.0. The molecule has 0 radical (unpaired) electrons. The Labute approximate surface area is 175 Å². The van der Waals surface area contributed by atoms with Crippen LogP contribution < -0.4 is 0 Å².